The van der Waals surface area contributed by atoms with Crippen LogP contribution in [0.1, 0.15) is 49.7 Å². The summed E-state index contributed by atoms with van der Waals surface area (Å²) in [5.74, 6) is 0.108. The average Bonchev–Trinajstić information content (AvgIpc) is 2.68. The van der Waals surface area contributed by atoms with Crippen molar-refractivity contribution in [2.45, 2.75) is 51.5 Å². The Morgan fingerprint density at radius 1 is 0.889 bits per heavy atom. The molecule has 27 heavy (non-hydrogen) atoms. The van der Waals surface area contributed by atoms with Crippen LogP contribution < -0.4 is 10.1 Å². The van der Waals surface area contributed by atoms with E-state index >= 15 is 0 Å². The van der Waals surface area contributed by atoms with Crippen LogP contribution in [0.3, 0.4) is 0 Å². The third kappa shape index (κ3) is 9.80. The van der Waals surface area contributed by atoms with Crippen molar-refractivity contribution in [2.24, 2.45) is 0 Å². The van der Waals surface area contributed by atoms with Gasteiger partial charge in [-0.3, -0.25) is 4.79 Å². The van der Waals surface area contributed by atoms with E-state index in [0.29, 0.717) is 13.1 Å². The summed E-state index contributed by atoms with van der Waals surface area (Å²) in [5.41, 5.74) is 2.54. The molecule has 2 aromatic rings. The van der Waals surface area contributed by atoms with E-state index in [1.807, 2.05) is 24.3 Å². The number of aliphatic carboxylic acids is 1. The number of unbranched alkanes of at least 4 members (excludes halogenated alkanes) is 4. The molecule has 0 atom stereocenters. The Labute approximate surface area is 162 Å². The largest absolute Gasteiger partial charge is 0.494 e. The molecule has 0 saturated heterocycles. The molecule has 0 aliphatic rings. The number of hydrogen-bond acceptors (Lipinski definition) is 3. The zero-order valence-corrected chi connectivity index (χ0v) is 16.0. The standard InChI is InChI=1S/C23H31NO3/c25-23(26)15-16-24-19-21-13-9-14-22(18-21)27-17-8-3-1-2-5-10-20-11-6-4-7-12-20/h4,6-7,9,11-14,18,24H,1-3,5,8,10,15-17,19H2,(H,25,26). The molecule has 0 saturated carbocycles. The van der Waals surface area contributed by atoms with E-state index in [0.717, 1.165) is 24.3 Å². The first-order valence-corrected chi connectivity index (χ1v) is 9.92. The molecule has 4 nitrogen and oxygen atoms in total. The maximum Gasteiger partial charge on any atom is 0.304 e. The molecular weight excluding hydrogens is 338 g/mol. The van der Waals surface area contributed by atoms with Gasteiger partial charge < -0.3 is 15.2 Å². The molecular formula is C23H31NO3. The second-order valence-electron chi connectivity index (χ2n) is 6.82. The number of benzene rings is 2. The van der Waals surface area contributed by atoms with Crippen molar-refractivity contribution in [3.8, 4) is 5.75 Å². The summed E-state index contributed by atoms with van der Waals surface area (Å²) >= 11 is 0. The van der Waals surface area contributed by atoms with Gasteiger partial charge in [0.15, 0.2) is 0 Å². The molecule has 146 valence electrons. The van der Waals surface area contributed by atoms with Crippen molar-refractivity contribution >= 4 is 5.97 Å². The maximum atomic E-state index is 10.5. The van der Waals surface area contributed by atoms with Crippen molar-refractivity contribution < 1.29 is 14.6 Å². The van der Waals surface area contributed by atoms with Crippen molar-refractivity contribution in [1.29, 1.82) is 0 Å². The highest BCUT2D eigenvalue weighted by Crippen LogP contribution is 2.14. The minimum absolute atomic E-state index is 0.140. The topological polar surface area (TPSA) is 58.6 Å². The fourth-order valence-electron chi connectivity index (χ4n) is 2.97. The van der Waals surface area contributed by atoms with Gasteiger partial charge in [0, 0.05) is 13.1 Å². The summed E-state index contributed by atoms with van der Waals surface area (Å²) < 4.78 is 5.85. The molecule has 0 spiro atoms. The molecule has 0 aromatic heterocycles. The highest BCUT2D eigenvalue weighted by Gasteiger charge is 2.00. The van der Waals surface area contributed by atoms with Crippen molar-refractivity contribution in [1.82, 2.24) is 5.32 Å². The van der Waals surface area contributed by atoms with Gasteiger partial charge in [0.05, 0.1) is 13.0 Å². The van der Waals surface area contributed by atoms with Gasteiger partial charge >= 0.3 is 5.97 Å². The smallest absolute Gasteiger partial charge is 0.304 e. The van der Waals surface area contributed by atoms with Crippen LogP contribution in [-0.2, 0) is 17.8 Å². The lowest BCUT2D eigenvalue weighted by molar-refractivity contribution is -0.136. The van der Waals surface area contributed by atoms with Crippen LogP contribution in [0, 0.1) is 0 Å². The van der Waals surface area contributed by atoms with Crippen LogP contribution in [0.5, 0.6) is 5.75 Å². The van der Waals surface area contributed by atoms with Gasteiger partial charge in [0.25, 0.3) is 0 Å². The summed E-state index contributed by atoms with van der Waals surface area (Å²) in [6, 6.07) is 18.7. The van der Waals surface area contributed by atoms with Crippen LogP contribution in [0.4, 0.5) is 0 Å². The van der Waals surface area contributed by atoms with Gasteiger partial charge in [-0.1, -0.05) is 61.7 Å². The van der Waals surface area contributed by atoms with Crippen molar-refractivity contribution in [3.05, 3.63) is 65.7 Å². The summed E-state index contributed by atoms with van der Waals surface area (Å²) in [5, 5.41) is 11.8. The maximum absolute atomic E-state index is 10.5. The number of ether oxygens (including phenoxy) is 1. The molecule has 0 amide bonds. The van der Waals surface area contributed by atoms with Crippen molar-refractivity contribution in [2.75, 3.05) is 13.2 Å². The second kappa shape index (κ2) is 12.9. The Balaban J connectivity index is 1.51. The van der Waals surface area contributed by atoms with E-state index in [-0.39, 0.29) is 6.42 Å². The molecule has 0 heterocycles. The molecule has 2 aromatic carbocycles. The van der Waals surface area contributed by atoms with Gasteiger partial charge in [-0.15, -0.1) is 0 Å². The van der Waals surface area contributed by atoms with Crippen LogP contribution in [0.25, 0.3) is 0 Å². The lowest BCUT2D eigenvalue weighted by Crippen LogP contribution is -2.17. The summed E-state index contributed by atoms with van der Waals surface area (Å²) in [4.78, 5) is 10.5. The van der Waals surface area contributed by atoms with Gasteiger partial charge in [0.1, 0.15) is 5.75 Å². The van der Waals surface area contributed by atoms with Gasteiger partial charge in [-0.2, -0.15) is 0 Å². The van der Waals surface area contributed by atoms with E-state index in [1.165, 1.54) is 37.7 Å². The van der Waals surface area contributed by atoms with Crippen molar-refractivity contribution in [3.63, 3.8) is 0 Å². The molecule has 0 aliphatic carbocycles. The normalized spacial score (nSPS) is 10.7. The molecule has 0 bridgehead atoms. The minimum atomic E-state index is -0.778. The SMILES string of the molecule is O=C(O)CCNCc1cccc(OCCCCCCCc2ccccc2)c1. The fourth-order valence-corrected chi connectivity index (χ4v) is 2.97. The van der Waals surface area contributed by atoms with Gasteiger partial charge in [-0.25, -0.2) is 0 Å². The molecule has 2 rings (SSSR count). The Morgan fingerprint density at radius 2 is 1.63 bits per heavy atom. The number of rotatable bonds is 14. The lowest BCUT2D eigenvalue weighted by Gasteiger charge is -2.09. The number of nitrogens with one attached hydrogen (secondary N) is 1. The first-order chi connectivity index (χ1) is 13.2. The lowest BCUT2D eigenvalue weighted by atomic mass is 10.1. The van der Waals surface area contributed by atoms with Gasteiger partial charge in [0.2, 0.25) is 0 Å². The molecule has 4 heteroatoms. The highest BCUT2D eigenvalue weighted by molar-refractivity contribution is 5.66. The number of carbonyl (C=O) groups is 1. The quantitative estimate of drug-likeness (QED) is 0.469. The molecule has 0 unspecified atom stereocenters. The highest BCUT2D eigenvalue weighted by atomic mass is 16.5. The summed E-state index contributed by atoms with van der Waals surface area (Å²) in [7, 11) is 0. The number of carboxylic acid groups (broad SMARTS) is 1. The van der Waals surface area contributed by atoms with Crippen LogP contribution in [0.2, 0.25) is 0 Å². The number of carboxylic acids is 1. The number of aryl methyl sites for hydroxylation is 1. The zero-order valence-electron chi connectivity index (χ0n) is 16.0. The van der Waals surface area contributed by atoms with E-state index in [2.05, 4.69) is 35.6 Å². The summed E-state index contributed by atoms with van der Waals surface area (Å²) in [6.07, 6.45) is 7.36. The first-order valence-electron chi connectivity index (χ1n) is 9.92. The zero-order chi connectivity index (χ0) is 19.2. The fraction of sp³-hybridized carbons (Fsp3) is 0.435. The third-order valence-electron chi connectivity index (χ3n) is 4.46. The van der Waals surface area contributed by atoms with Crippen LogP contribution >= 0.6 is 0 Å². The number of hydrogen-bond donors (Lipinski definition) is 2. The predicted octanol–water partition coefficient (Wildman–Crippen LogP) is 4.82. The van der Waals surface area contributed by atoms with E-state index in [1.54, 1.807) is 0 Å². The molecule has 0 aliphatic heterocycles. The molecule has 0 radical (unpaired) electrons. The molecule has 0 fully saturated rings. The summed E-state index contributed by atoms with van der Waals surface area (Å²) in [6.45, 7) is 1.88. The Bertz CT molecular complexity index is 658. The Hall–Kier alpha value is -2.33. The second-order valence-corrected chi connectivity index (χ2v) is 6.82. The Kier molecular flexibility index (Phi) is 10.0. The van der Waals surface area contributed by atoms with Crippen LogP contribution in [0.15, 0.2) is 54.6 Å². The molecule has 2 N–H and O–H groups in total. The van der Waals surface area contributed by atoms with E-state index < -0.39 is 5.97 Å². The minimum Gasteiger partial charge on any atom is -0.494 e. The monoisotopic (exact) mass is 369 g/mol. The van der Waals surface area contributed by atoms with E-state index in [9.17, 15) is 4.79 Å². The average molecular weight is 370 g/mol. The van der Waals surface area contributed by atoms with Crippen LogP contribution in [-0.4, -0.2) is 24.2 Å². The third-order valence-corrected chi connectivity index (χ3v) is 4.46. The van der Waals surface area contributed by atoms with E-state index in [4.69, 9.17) is 9.84 Å². The first kappa shape index (κ1) is 21.0. The van der Waals surface area contributed by atoms with Gasteiger partial charge in [-0.05, 0) is 42.5 Å². The predicted molar refractivity (Wildman–Crippen MR) is 109 cm³/mol. The Morgan fingerprint density at radius 3 is 2.44 bits per heavy atom.